The molecule has 1 atom stereocenters. The number of nitrogens with one attached hydrogen (secondary N) is 1. The van der Waals surface area contributed by atoms with Gasteiger partial charge in [0.25, 0.3) is 5.56 Å². The van der Waals surface area contributed by atoms with Crippen molar-refractivity contribution in [1.82, 2.24) is 13.7 Å². The summed E-state index contributed by atoms with van der Waals surface area (Å²) in [6.45, 7) is 4.21. The number of anilines is 1. The van der Waals surface area contributed by atoms with Gasteiger partial charge >= 0.3 is 5.69 Å². The molecule has 3 aromatic heterocycles. The van der Waals surface area contributed by atoms with Crippen LogP contribution in [0, 0.1) is 13.8 Å². The Morgan fingerprint density at radius 2 is 1.65 bits per heavy atom. The Morgan fingerprint density at radius 3 is 2.35 bits per heavy atom. The molecule has 6 rings (SSSR count). The molecule has 0 saturated heterocycles. The summed E-state index contributed by atoms with van der Waals surface area (Å²) in [5.41, 5.74) is 7.06. The molecule has 0 aliphatic carbocycles. The number of benzene rings is 2. The number of aryl methyl sites for hydroxylation is 3. The van der Waals surface area contributed by atoms with Crippen molar-refractivity contribution in [3.05, 3.63) is 103 Å². The van der Waals surface area contributed by atoms with Crippen molar-refractivity contribution in [3.8, 4) is 16.9 Å². The molecule has 7 heteroatoms. The summed E-state index contributed by atoms with van der Waals surface area (Å²) < 4.78 is 5.02. The zero-order valence-electron chi connectivity index (χ0n) is 19.4. The molecule has 0 amide bonds. The first-order chi connectivity index (χ1) is 16.4. The van der Waals surface area contributed by atoms with Crippen molar-refractivity contribution >= 4 is 27.9 Å². The Bertz CT molecular complexity index is 1710. The second kappa shape index (κ2) is 7.33. The minimum absolute atomic E-state index is 0.202. The van der Waals surface area contributed by atoms with E-state index in [9.17, 15) is 9.59 Å². The standard InChI is InChI=1S/C27H24N4O2S/c1-15-13-18-19(14-16(15)2)31-23(17-9-6-5-7-10-17)21-24(29(3)27(33)30(4)26(21)32)25(31)22(28-18)20-11-8-12-34-20/h5-14,22,28H,1-4H3. The molecule has 0 saturated carbocycles. The Kier molecular flexibility index (Phi) is 4.47. The zero-order valence-corrected chi connectivity index (χ0v) is 20.2. The summed E-state index contributed by atoms with van der Waals surface area (Å²) in [6.07, 6.45) is 0. The maximum absolute atomic E-state index is 13.7. The van der Waals surface area contributed by atoms with Crippen molar-refractivity contribution in [2.75, 3.05) is 5.32 Å². The van der Waals surface area contributed by atoms with Gasteiger partial charge in [-0.05, 0) is 54.1 Å². The van der Waals surface area contributed by atoms with Gasteiger partial charge in [0.15, 0.2) is 0 Å². The fourth-order valence-corrected chi connectivity index (χ4v) is 5.85. The van der Waals surface area contributed by atoms with E-state index in [2.05, 4.69) is 47.3 Å². The van der Waals surface area contributed by atoms with Crippen LogP contribution in [0.5, 0.6) is 0 Å². The molecule has 1 unspecified atom stereocenters. The van der Waals surface area contributed by atoms with Crippen LogP contribution >= 0.6 is 11.3 Å². The summed E-state index contributed by atoms with van der Waals surface area (Å²) in [7, 11) is 3.30. The predicted octanol–water partition coefficient (Wildman–Crippen LogP) is 4.89. The van der Waals surface area contributed by atoms with Crippen LogP contribution in [0.1, 0.15) is 27.7 Å². The molecular weight excluding hydrogens is 444 g/mol. The third-order valence-corrected chi connectivity index (χ3v) is 7.85. The van der Waals surface area contributed by atoms with Gasteiger partial charge in [-0.15, -0.1) is 11.3 Å². The Hall–Kier alpha value is -3.84. The van der Waals surface area contributed by atoms with E-state index in [1.165, 1.54) is 15.7 Å². The average molecular weight is 469 g/mol. The second-order valence-corrected chi connectivity index (χ2v) is 9.89. The molecule has 0 fully saturated rings. The lowest BCUT2D eigenvalue weighted by Gasteiger charge is -2.31. The maximum Gasteiger partial charge on any atom is 0.331 e. The summed E-state index contributed by atoms with van der Waals surface area (Å²) in [4.78, 5) is 27.9. The quantitative estimate of drug-likeness (QED) is 0.401. The number of rotatable bonds is 2. The van der Waals surface area contributed by atoms with E-state index in [-0.39, 0.29) is 17.3 Å². The van der Waals surface area contributed by atoms with Crippen LogP contribution in [0.25, 0.3) is 27.8 Å². The van der Waals surface area contributed by atoms with E-state index in [1.807, 2.05) is 36.4 Å². The van der Waals surface area contributed by atoms with Crippen molar-refractivity contribution in [1.29, 1.82) is 0 Å². The summed E-state index contributed by atoms with van der Waals surface area (Å²) in [5.74, 6) is 0. The maximum atomic E-state index is 13.7. The van der Waals surface area contributed by atoms with Crippen LogP contribution in [0.15, 0.2) is 69.6 Å². The van der Waals surface area contributed by atoms with Crippen LogP contribution in [0.3, 0.4) is 0 Å². The number of fused-ring (bicyclic) bond motifs is 5. The lowest BCUT2D eigenvalue weighted by Crippen LogP contribution is -2.37. The van der Waals surface area contributed by atoms with Crippen LogP contribution in [0.2, 0.25) is 0 Å². The van der Waals surface area contributed by atoms with Crippen molar-refractivity contribution in [2.45, 2.75) is 19.9 Å². The van der Waals surface area contributed by atoms with Gasteiger partial charge in [0, 0.05) is 19.0 Å². The van der Waals surface area contributed by atoms with E-state index in [1.54, 1.807) is 30.0 Å². The van der Waals surface area contributed by atoms with E-state index >= 15 is 0 Å². The van der Waals surface area contributed by atoms with Crippen LogP contribution in [-0.2, 0) is 14.1 Å². The zero-order chi connectivity index (χ0) is 23.7. The molecular formula is C27H24N4O2S. The minimum Gasteiger partial charge on any atom is -0.370 e. The van der Waals surface area contributed by atoms with Gasteiger partial charge in [-0.1, -0.05) is 36.4 Å². The molecule has 2 aromatic carbocycles. The highest BCUT2D eigenvalue weighted by Crippen LogP contribution is 2.46. The fraction of sp³-hybridized carbons (Fsp3) is 0.185. The van der Waals surface area contributed by atoms with E-state index in [0.717, 1.165) is 33.2 Å². The van der Waals surface area contributed by atoms with Crippen molar-refractivity contribution in [2.24, 2.45) is 14.1 Å². The molecule has 1 aliphatic heterocycles. The van der Waals surface area contributed by atoms with Crippen molar-refractivity contribution in [3.63, 3.8) is 0 Å². The highest BCUT2D eigenvalue weighted by Gasteiger charge is 2.35. The van der Waals surface area contributed by atoms with Crippen molar-refractivity contribution < 1.29 is 0 Å². The molecule has 6 nitrogen and oxygen atoms in total. The molecule has 1 aliphatic rings. The van der Waals surface area contributed by atoms with Crippen LogP contribution in [0.4, 0.5) is 5.69 Å². The average Bonchev–Trinajstić information content (AvgIpc) is 3.49. The van der Waals surface area contributed by atoms with Gasteiger partial charge in [-0.25, -0.2) is 4.79 Å². The molecule has 34 heavy (non-hydrogen) atoms. The number of hydrogen-bond acceptors (Lipinski definition) is 4. The summed E-state index contributed by atoms with van der Waals surface area (Å²) in [5, 5.41) is 6.34. The Morgan fingerprint density at radius 1 is 0.912 bits per heavy atom. The van der Waals surface area contributed by atoms with Gasteiger partial charge in [0.2, 0.25) is 0 Å². The first-order valence-corrected chi connectivity index (χ1v) is 12.1. The SMILES string of the molecule is Cc1cc2c(cc1C)-n1c(-c3ccccc3)c3c(=O)n(C)c(=O)n(C)c3c1C(c1cccs1)N2. The second-order valence-electron chi connectivity index (χ2n) is 8.91. The van der Waals surface area contributed by atoms with E-state index in [4.69, 9.17) is 0 Å². The lowest BCUT2D eigenvalue weighted by atomic mass is 10.0. The summed E-state index contributed by atoms with van der Waals surface area (Å²) in [6, 6.07) is 18.2. The molecule has 5 aromatic rings. The number of aromatic nitrogens is 3. The third-order valence-electron chi connectivity index (χ3n) is 6.91. The molecule has 170 valence electrons. The van der Waals surface area contributed by atoms with Crippen LogP contribution in [-0.4, -0.2) is 13.7 Å². The van der Waals surface area contributed by atoms with Crippen LogP contribution < -0.4 is 16.6 Å². The fourth-order valence-electron chi connectivity index (χ4n) is 5.07. The largest absolute Gasteiger partial charge is 0.370 e. The highest BCUT2D eigenvalue weighted by atomic mass is 32.1. The van der Waals surface area contributed by atoms with Gasteiger partial charge in [-0.2, -0.15) is 0 Å². The van der Waals surface area contributed by atoms with E-state index in [0.29, 0.717) is 10.9 Å². The summed E-state index contributed by atoms with van der Waals surface area (Å²) >= 11 is 1.66. The first kappa shape index (κ1) is 20.7. The highest BCUT2D eigenvalue weighted by molar-refractivity contribution is 7.10. The number of nitrogens with zero attached hydrogens (tertiary/aromatic N) is 3. The molecule has 4 heterocycles. The van der Waals surface area contributed by atoms with Gasteiger partial charge < -0.3 is 9.88 Å². The van der Waals surface area contributed by atoms with E-state index < -0.39 is 0 Å². The lowest BCUT2D eigenvalue weighted by molar-refractivity contribution is 0.709. The van der Waals surface area contributed by atoms with Gasteiger partial charge in [-0.3, -0.25) is 13.9 Å². The predicted molar refractivity (Wildman–Crippen MR) is 138 cm³/mol. The topological polar surface area (TPSA) is 61.0 Å². The molecule has 1 N–H and O–H groups in total. The monoisotopic (exact) mass is 468 g/mol. The van der Waals surface area contributed by atoms with Gasteiger partial charge in [0.05, 0.1) is 33.7 Å². The number of hydrogen-bond donors (Lipinski definition) is 1. The Labute approximate surface area is 200 Å². The molecule has 0 spiro atoms. The Balaban J connectivity index is 1.90. The molecule has 0 bridgehead atoms. The first-order valence-electron chi connectivity index (χ1n) is 11.2. The van der Waals surface area contributed by atoms with Gasteiger partial charge in [0.1, 0.15) is 6.04 Å². The third kappa shape index (κ3) is 2.73. The minimum atomic E-state index is -0.332. The normalized spacial score (nSPS) is 14.6. The molecule has 0 radical (unpaired) electrons. The number of thiophene rings is 1. The smallest absolute Gasteiger partial charge is 0.331 e.